The van der Waals surface area contributed by atoms with Gasteiger partial charge in [0.05, 0.1) is 18.7 Å². The molecular formula is C10H9FN2O3. The Morgan fingerprint density at radius 1 is 1.69 bits per heavy atom. The second-order valence-corrected chi connectivity index (χ2v) is 3.01. The molecule has 0 amide bonds. The molecule has 3 N–H and O–H groups in total. The van der Waals surface area contributed by atoms with Gasteiger partial charge in [-0.25, -0.2) is 4.39 Å². The van der Waals surface area contributed by atoms with Crippen LogP contribution in [0.4, 0.5) is 4.39 Å². The summed E-state index contributed by atoms with van der Waals surface area (Å²) in [6.45, 7) is 0. The lowest BCUT2D eigenvalue weighted by Crippen LogP contribution is -2.23. The lowest BCUT2D eigenvalue weighted by molar-refractivity contribution is -0.142. The minimum atomic E-state index is -1.33. The number of hydrogen-bond donors (Lipinski definition) is 2. The van der Waals surface area contributed by atoms with Gasteiger partial charge < -0.3 is 15.6 Å². The number of nitriles is 1. The van der Waals surface area contributed by atoms with Crippen molar-refractivity contribution in [2.45, 2.75) is 6.04 Å². The predicted octanol–water partition coefficient (Wildman–Crippen LogP) is 0.576. The zero-order valence-electron chi connectivity index (χ0n) is 8.40. The second-order valence-electron chi connectivity index (χ2n) is 3.01. The zero-order chi connectivity index (χ0) is 12.3. The number of rotatable bonds is 2. The Kier molecular flexibility index (Phi) is 3.43. The molecule has 1 aromatic rings. The van der Waals surface area contributed by atoms with Crippen LogP contribution < -0.4 is 5.73 Å². The monoisotopic (exact) mass is 224 g/mol. The molecule has 0 aromatic heterocycles. The molecule has 0 aliphatic heterocycles. The van der Waals surface area contributed by atoms with Gasteiger partial charge in [-0.3, -0.25) is 4.79 Å². The van der Waals surface area contributed by atoms with Crippen LogP contribution in [0.15, 0.2) is 12.1 Å². The maximum absolute atomic E-state index is 13.1. The van der Waals surface area contributed by atoms with Crippen molar-refractivity contribution < 1.29 is 19.0 Å². The Morgan fingerprint density at radius 2 is 2.31 bits per heavy atom. The van der Waals surface area contributed by atoms with Gasteiger partial charge in [0.15, 0.2) is 11.6 Å². The van der Waals surface area contributed by atoms with Crippen LogP contribution >= 0.6 is 0 Å². The van der Waals surface area contributed by atoms with Crippen LogP contribution in [0, 0.1) is 17.1 Å². The summed E-state index contributed by atoms with van der Waals surface area (Å²) in [5, 5.41) is 18.0. The molecule has 0 heterocycles. The molecule has 0 aliphatic carbocycles. The molecule has 0 radical (unpaired) electrons. The summed E-state index contributed by atoms with van der Waals surface area (Å²) in [5.41, 5.74) is 5.22. The lowest BCUT2D eigenvalue weighted by atomic mass is 10.0. The molecular weight excluding hydrogens is 215 g/mol. The van der Waals surface area contributed by atoms with E-state index in [1.165, 1.54) is 0 Å². The van der Waals surface area contributed by atoms with Crippen LogP contribution in [0.25, 0.3) is 0 Å². The van der Waals surface area contributed by atoms with Gasteiger partial charge >= 0.3 is 5.97 Å². The third-order valence-electron chi connectivity index (χ3n) is 2.01. The van der Waals surface area contributed by atoms with Crippen molar-refractivity contribution in [3.63, 3.8) is 0 Å². The molecule has 0 spiro atoms. The van der Waals surface area contributed by atoms with E-state index in [4.69, 9.17) is 11.0 Å². The standard InChI is InChI=1S/C10H9FN2O3/c1-16-10(15)8(13)6-2-5(4-12)3-7(11)9(6)14/h2-3,8,14H,13H2,1H3/t8-/m0/s1. The van der Waals surface area contributed by atoms with Gasteiger partial charge in [-0.1, -0.05) is 0 Å². The van der Waals surface area contributed by atoms with Crippen LogP contribution in [0.5, 0.6) is 5.75 Å². The maximum Gasteiger partial charge on any atom is 0.327 e. The first-order chi connectivity index (χ1) is 7.51. The molecule has 1 atom stereocenters. The summed E-state index contributed by atoms with van der Waals surface area (Å²) in [6.07, 6.45) is 0. The van der Waals surface area contributed by atoms with E-state index in [1.54, 1.807) is 6.07 Å². The van der Waals surface area contributed by atoms with Crippen molar-refractivity contribution in [2.24, 2.45) is 5.73 Å². The average molecular weight is 224 g/mol. The van der Waals surface area contributed by atoms with Gasteiger partial charge in [0, 0.05) is 5.56 Å². The molecule has 0 saturated heterocycles. The predicted molar refractivity (Wildman–Crippen MR) is 51.7 cm³/mol. The number of ether oxygens (including phenoxy) is 1. The normalized spacial score (nSPS) is 11.6. The van der Waals surface area contributed by atoms with Crippen LogP contribution in [0.3, 0.4) is 0 Å². The highest BCUT2D eigenvalue weighted by molar-refractivity contribution is 5.78. The molecule has 0 bridgehead atoms. The summed E-state index contributed by atoms with van der Waals surface area (Å²) >= 11 is 0. The summed E-state index contributed by atoms with van der Waals surface area (Å²) in [4.78, 5) is 11.1. The smallest absolute Gasteiger partial charge is 0.327 e. The number of phenols is 1. The lowest BCUT2D eigenvalue weighted by Gasteiger charge is -2.12. The Balaban J connectivity index is 3.28. The van der Waals surface area contributed by atoms with Gasteiger partial charge in [-0.05, 0) is 12.1 Å². The van der Waals surface area contributed by atoms with E-state index in [2.05, 4.69) is 4.74 Å². The van der Waals surface area contributed by atoms with E-state index in [9.17, 15) is 14.3 Å². The summed E-state index contributed by atoms with van der Waals surface area (Å²) in [7, 11) is 1.11. The van der Waals surface area contributed by atoms with Crippen molar-refractivity contribution >= 4 is 5.97 Å². The molecule has 0 unspecified atom stereocenters. The molecule has 16 heavy (non-hydrogen) atoms. The van der Waals surface area contributed by atoms with Gasteiger partial charge in [-0.15, -0.1) is 0 Å². The van der Waals surface area contributed by atoms with Gasteiger partial charge in [0.1, 0.15) is 6.04 Å². The second kappa shape index (κ2) is 4.59. The van der Waals surface area contributed by atoms with E-state index < -0.39 is 23.6 Å². The first kappa shape index (κ1) is 11.9. The molecule has 0 fully saturated rings. The highest BCUT2D eigenvalue weighted by Gasteiger charge is 2.22. The van der Waals surface area contributed by atoms with Crippen molar-refractivity contribution in [3.05, 3.63) is 29.1 Å². The van der Waals surface area contributed by atoms with Crippen molar-refractivity contribution in [3.8, 4) is 11.8 Å². The van der Waals surface area contributed by atoms with Crippen molar-refractivity contribution in [2.75, 3.05) is 7.11 Å². The highest BCUT2D eigenvalue weighted by Crippen LogP contribution is 2.27. The van der Waals surface area contributed by atoms with Gasteiger partial charge in [-0.2, -0.15) is 5.26 Å². The fourth-order valence-electron chi connectivity index (χ4n) is 1.18. The van der Waals surface area contributed by atoms with Gasteiger partial charge in [0.25, 0.3) is 0 Å². The number of esters is 1. The first-order valence-electron chi connectivity index (χ1n) is 4.27. The van der Waals surface area contributed by atoms with Crippen LogP contribution in [-0.2, 0) is 9.53 Å². The minimum absolute atomic E-state index is 0.0374. The number of carbonyl (C=O) groups is 1. The molecule has 0 saturated carbocycles. The number of halogens is 1. The third-order valence-corrected chi connectivity index (χ3v) is 2.01. The number of hydrogen-bond acceptors (Lipinski definition) is 5. The van der Waals surface area contributed by atoms with Crippen LogP contribution in [0.1, 0.15) is 17.2 Å². The van der Waals surface area contributed by atoms with Crippen LogP contribution in [0.2, 0.25) is 0 Å². The zero-order valence-corrected chi connectivity index (χ0v) is 8.40. The summed E-state index contributed by atoms with van der Waals surface area (Å²) in [6, 6.07) is 2.35. The number of benzene rings is 1. The molecule has 84 valence electrons. The Hall–Kier alpha value is -2.13. The molecule has 5 nitrogen and oxygen atoms in total. The van der Waals surface area contributed by atoms with Crippen LogP contribution in [-0.4, -0.2) is 18.2 Å². The Morgan fingerprint density at radius 3 is 2.81 bits per heavy atom. The summed E-state index contributed by atoms with van der Waals surface area (Å²) in [5.74, 6) is -2.59. The fraction of sp³-hybridized carbons (Fsp3) is 0.200. The number of methoxy groups -OCH3 is 1. The Labute approximate surface area is 90.9 Å². The first-order valence-corrected chi connectivity index (χ1v) is 4.27. The fourth-order valence-corrected chi connectivity index (χ4v) is 1.18. The van der Waals surface area contributed by atoms with E-state index >= 15 is 0 Å². The topological polar surface area (TPSA) is 96.3 Å². The number of nitrogens with two attached hydrogens (primary N) is 1. The average Bonchev–Trinajstić information content (AvgIpc) is 2.30. The summed E-state index contributed by atoms with van der Waals surface area (Å²) < 4.78 is 17.5. The van der Waals surface area contributed by atoms with E-state index in [0.717, 1.165) is 19.2 Å². The number of phenolic OH excluding ortho intramolecular Hbond substituents is 1. The number of carbonyl (C=O) groups excluding carboxylic acids is 1. The maximum atomic E-state index is 13.1. The van der Waals surface area contributed by atoms with Gasteiger partial charge in [0.2, 0.25) is 0 Å². The number of nitrogens with zero attached hydrogens (tertiary/aromatic N) is 1. The molecule has 6 heteroatoms. The van der Waals surface area contributed by atoms with E-state index in [0.29, 0.717) is 0 Å². The largest absolute Gasteiger partial charge is 0.505 e. The number of aromatic hydroxyl groups is 1. The molecule has 1 aromatic carbocycles. The third kappa shape index (κ3) is 2.10. The minimum Gasteiger partial charge on any atom is -0.505 e. The van der Waals surface area contributed by atoms with E-state index in [1.807, 2.05) is 0 Å². The van der Waals surface area contributed by atoms with Crippen molar-refractivity contribution in [1.29, 1.82) is 5.26 Å². The Bertz CT molecular complexity index is 468. The quantitative estimate of drug-likeness (QED) is 0.716. The molecule has 1 rings (SSSR count). The van der Waals surface area contributed by atoms with Crippen molar-refractivity contribution in [1.82, 2.24) is 0 Å². The van der Waals surface area contributed by atoms with E-state index in [-0.39, 0.29) is 11.1 Å². The molecule has 0 aliphatic rings. The SMILES string of the molecule is COC(=O)[C@@H](N)c1cc(C#N)cc(F)c1O. The highest BCUT2D eigenvalue weighted by atomic mass is 19.1.